The minimum absolute atomic E-state index is 0.00904. The number of aliphatic hydroxyl groups is 2. The molecule has 0 aliphatic heterocycles. The number of hydrogen-bond donors (Lipinski definition) is 2. The van der Waals surface area contributed by atoms with Crippen LogP contribution in [0.5, 0.6) is 0 Å². The Morgan fingerprint density at radius 2 is 1.88 bits per heavy atom. The predicted octanol–water partition coefficient (Wildman–Crippen LogP) is 3.14. The maximum atomic E-state index is 13.2. The van der Waals surface area contributed by atoms with Crippen LogP contribution in [0.25, 0.3) is 5.57 Å². The van der Waals surface area contributed by atoms with Gasteiger partial charge in [-0.2, -0.15) is 0 Å². The quantitative estimate of drug-likeness (QED) is 0.741. The van der Waals surface area contributed by atoms with E-state index in [4.69, 9.17) is 11.6 Å². The molecule has 0 bridgehead atoms. The van der Waals surface area contributed by atoms with Crippen LogP contribution in [-0.4, -0.2) is 15.3 Å². The Balaban J connectivity index is 2.59. The molecule has 16 heavy (non-hydrogen) atoms. The fraction of sp³-hybridized carbons (Fsp3) is 0.167. The Morgan fingerprint density at radius 3 is 2.50 bits per heavy atom. The molecule has 2 nitrogen and oxygen atoms in total. The van der Waals surface area contributed by atoms with Gasteiger partial charge in [0.1, 0.15) is 0 Å². The van der Waals surface area contributed by atoms with E-state index in [2.05, 4.69) is 0 Å². The average Bonchev–Trinajstić information content (AvgIpc) is 2.26. The zero-order chi connectivity index (χ0) is 11.8. The van der Waals surface area contributed by atoms with Crippen molar-refractivity contribution in [3.8, 4) is 0 Å². The van der Waals surface area contributed by atoms with E-state index >= 15 is 0 Å². The molecule has 1 atom stereocenters. The fourth-order valence-corrected chi connectivity index (χ4v) is 1.96. The smallest absolute Gasteiger partial charge is 0.172 e. The summed E-state index contributed by atoms with van der Waals surface area (Å²) in [5.41, 5.74) is 0.510. The van der Waals surface area contributed by atoms with Crippen molar-refractivity contribution in [1.82, 2.24) is 0 Å². The number of rotatable bonds is 1. The van der Waals surface area contributed by atoms with Crippen LogP contribution >= 0.6 is 11.6 Å². The maximum absolute atomic E-state index is 13.2. The summed E-state index contributed by atoms with van der Waals surface area (Å²) in [6.45, 7) is 0. The molecule has 1 aromatic rings. The van der Waals surface area contributed by atoms with Crippen LogP contribution in [-0.2, 0) is 0 Å². The SMILES string of the molecule is OC1=C(c2ccccc2)C(O)(Cl)CC=C1F. The number of halogens is 2. The van der Waals surface area contributed by atoms with E-state index in [1.807, 2.05) is 0 Å². The van der Waals surface area contributed by atoms with Crippen molar-refractivity contribution in [3.63, 3.8) is 0 Å². The summed E-state index contributed by atoms with van der Waals surface area (Å²) in [6, 6.07) is 8.52. The number of alkyl halides is 1. The van der Waals surface area contributed by atoms with Crippen LogP contribution < -0.4 is 0 Å². The molecule has 1 aliphatic carbocycles. The van der Waals surface area contributed by atoms with Crippen molar-refractivity contribution in [2.75, 3.05) is 0 Å². The van der Waals surface area contributed by atoms with E-state index in [-0.39, 0.29) is 12.0 Å². The maximum Gasteiger partial charge on any atom is 0.172 e. The second-order valence-electron chi connectivity index (χ2n) is 3.61. The summed E-state index contributed by atoms with van der Waals surface area (Å²) < 4.78 is 13.2. The van der Waals surface area contributed by atoms with Gasteiger partial charge >= 0.3 is 0 Å². The van der Waals surface area contributed by atoms with Crippen molar-refractivity contribution < 1.29 is 14.6 Å². The molecule has 0 heterocycles. The first-order valence-corrected chi connectivity index (χ1v) is 5.16. The average molecular weight is 241 g/mol. The highest BCUT2D eigenvalue weighted by Crippen LogP contribution is 2.41. The van der Waals surface area contributed by atoms with Crippen molar-refractivity contribution >= 4 is 17.2 Å². The van der Waals surface area contributed by atoms with E-state index in [0.717, 1.165) is 6.08 Å². The number of hydrogen-bond acceptors (Lipinski definition) is 2. The summed E-state index contributed by atoms with van der Waals surface area (Å²) in [6.07, 6.45) is 0.990. The Labute approximate surface area is 97.3 Å². The van der Waals surface area contributed by atoms with Gasteiger partial charge in [0.25, 0.3) is 0 Å². The molecule has 0 spiro atoms. The fourth-order valence-electron chi connectivity index (χ4n) is 1.69. The summed E-state index contributed by atoms with van der Waals surface area (Å²) in [5.74, 6) is -1.36. The van der Waals surface area contributed by atoms with Crippen LogP contribution in [0, 0.1) is 0 Å². The molecular formula is C12H10ClFO2. The highest BCUT2D eigenvalue weighted by atomic mass is 35.5. The van der Waals surface area contributed by atoms with Crippen molar-refractivity contribution in [1.29, 1.82) is 0 Å². The third-order valence-corrected chi connectivity index (χ3v) is 2.80. The van der Waals surface area contributed by atoms with Crippen molar-refractivity contribution in [2.24, 2.45) is 0 Å². The minimum Gasteiger partial charge on any atom is -0.505 e. The Hall–Kier alpha value is -1.32. The Kier molecular flexibility index (Phi) is 2.74. The lowest BCUT2D eigenvalue weighted by molar-refractivity contribution is 0.183. The van der Waals surface area contributed by atoms with E-state index in [0.29, 0.717) is 5.56 Å². The molecule has 0 amide bonds. The van der Waals surface area contributed by atoms with E-state index in [9.17, 15) is 14.6 Å². The van der Waals surface area contributed by atoms with Crippen LogP contribution in [0.15, 0.2) is 48.0 Å². The Morgan fingerprint density at radius 1 is 1.25 bits per heavy atom. The molecule has 1 aliphatic rings. The third-order valence-electron chi connectivity index (χ3n) is 2.46. The first kappa shape index (κ1) is 11.2. The molecule has 84 valence electrons. The summed E-state index contributed by atoms with van der Waals surface area (Å²) in [4.78, 5) is 0. The lowest BCUT2D eigenvalue weighted by Gasteiger charge is -2.27. The second kappa shape index (κ2) is 3.92. The molecule has 0 saturated heterocycles. The number of aliphatic hydroxyl groups excluding tert-OH is 1. The van der Waals surface area contributed by atoms with Crippen LogP contribution in [0.3, 0.4) is 0 Å². The highest BCUT2D eigenvalue weighted by Gasteiger charge is 2.36. The minimum atomic E-state index is -1.76. The predicted molar refractivity (Wildman–Crippen MR) is 60.6 cm³/mol. The molecule has 0 radical (unpaired) electrons. The lowest BCUT2D eigenvalue weighted by atomic mass is 9.92. The van der Waals surface area contributed by atoms with Gasteiger partial charge in [0.2, 0.25) is 0 Å². The third kappa shape index (κ3) is 1.84. The monoisotopic (exact) mass is 240 g/mol. The number of allylic oxidation sites excluding steroid dienone is 1. The molecule has 2 rings (SSSR count). The van der Waals surface area contributed by atoms with Gasteiger partial charge in [0, 0.05) is 6.42 Å². The van der Waals surface area contributed by atoms with Gasteiger partial charge in [-0.25, -0.2) is 4.39 Å². The van der Waals surface area contributed by atoms with Gasteiger partial charge in [-0.3, -0.25) is 0 Å². The molecule has 0 aromatic heterocycles. The molecule has 2 N–H and O–H groups in total. The Bertz CT molecular complexity index is 463. The van der Waals surface area contributed by atoms with E-state index < -0.39 is 16.6 Å². The zero-order valence-corrected chi connectivity index (χ0v) is 9.08. The van der Waals surface area contributed by atoms with Gasteiger partial charge in [-0.15, -0.1) is 0 Å². The van der Waals surface area contributed by atoms with Gasteiger partial charge in [0.15, 0.2) is 16.6 Å². The molecule has 1 aromatic carbocycles. The first-order chi connectivity index (χ1) is 7.52. The van der Waals surface area contributed by atoms with Crippen LogP contribution in [0.1, 0.15) is 12.0 Å². The van der Waals surface area contributed by atoms with Crippen LogP contribution in [0.4, 0.5) is 4.39 Å². The molecule has 0 fully saturated rings. The number of benzene rings is 1. The van der Waals surface area contributed by atoms with E-state index in [1.165, 1.54) is 0 Å². The molecule has 4 heteroatoms. The second-order valence-corrected chi connectivity index (χ2v) is 4.23. The molecule has 1 unspecified atom stereocenters. The van der Waals surface area contributed by atoms with Gasteiger partial charge in [-0.05, 0) is 11.6 Å². The zero-order valence-electron chi connectivity index (χ0n) is 8.32. The van der Waals surface area contributed by atoms with Gasteiger partial charge in [-0.1, -0.05) is 41.9 Å². The van der Waals surface area contributed by atoms with Crippen molar-refractivity contribution in [2.45, 2.75) is 11.5 Å². The van der Waals surface area contributed by atoms with Gasteiger partial charge in [0.05, 0.1) is 5.57 Å². The topological polar surface area (TPSA) is 40.5 Å². The standard InChI is InChI=1S/C12H10ClFO2/c13-12(16)7-6-9(14)11(15)10(12)8-4-2-1-3-5-8/h1-6,15-16H,7H2. The van der Waals surface area contributed by atoms with Crippen LogP contribution in [0.2, 0.25) is 0 Å². The normalized spacial score (nSPS) is 25.6. The summed E-state index contributed by atoms with van der Waals surface area (Å²) in [7, 11) is 0. The van der Waals surface area contributed by atoms with Gasteiger partial charge < -0.3 is 10.2 Å². The van der Waals surface area contributed by atoms with Crippen molar-refractivity contribution in [3.05, 3.63) is 53.6 Å². The molecular weight excluding hydrogens is 231 g/mol. The van der Waals surface area contributed by atoms with E-state index in [1.54, 1.807) is 30.3 Å². The summed E-state index contributed by atoms with van der Waals surface area (Å²) in [5, 5.41) is 17.8. The highest BCUT2D eigenvalue weighted by molar-refractivity contribution is 6.29. The summed E-state index contributed by atoms with van der Waals surface area (Å²) >= 11 is 5.86. The molecule has 0 saturated carbocycles. The first-order valence-electron chi connectivity index (χ1n) is 4.79. The lowest BCUT2D eigenvalue weighted by Crippen LogP contribution is -2.26. The largest absolute Gasteiger partial charge is 0.505 e.